The van der Waals surface area contributed by atoms with Crippen LogP contribution in [0.1, 0.15) is 62.9 Å². The van der Waals surface area contributed by atoms with Crippen molar-refractivity contribution in [3.05, 3.63) is 35.4 Å². The Hall–Kier alpha value is -2.87. The molecular formula is C28H39O13PS. The fourth-order valence-corrected chi connectivity index (χ4v) is 6.47. The minimum Gasteiger partial charge on any atom is -0.493 e. The number of ketones is 1. The summed E-state index contributed by atoms with van der Waals surface area (Å²) in [7, 11) is -4.22. The summed E-state index contributed by atoms with van der Waals surface area (Å²) in [6, 6.07) is 6.68. The van der Waals surface area contributed by atoms with Crippen LogP contribution < -0.4 is 23.7 Å². The van der Waals surface area contributed by atoms with Gasteiger partial charge in [-0.1, -0.05) is 6.92 Å². The monoisotopic (exact) mass is 646 g/mol. The number of sulfone groups is 1. The zero-order chi connectivity index (χ0) is 31.8. The van der Waals surface area contributed by atoms with Crippen LogP contribution in [0.5, 0.6) is 28.7 Å². The molecule has 0 radical (unpaired) electrons. The lowest BCUT2D eigenvalue weighted by Crippen LogP contribution is -2.16. The van der Waals surface area contributed by atoms with Gasteiger partial charge in [-0.25, -0.2) is 13.0 Å². The second-order valence-electron chi connectivity index (χ2n) is 9.83. The van der Waals surface area contributed by atoms with Crippen molar-refractivity contribution < 1.29 is 60.5 Å². The molecular weight excluding hydrogens is 607 g/mol. The Labute approximate surface area is 251 Å². The van der Waals surface area contributed by atoms with Crippen LogP contribution in [-0.4, -0.2) is 70.9 Å². The maximum Gasteiger partial charge on any atom is 0.469 e. The van der Waals surface area contributed by atoms with Crippen molar-refractivity contribution in [1.82, 2.24) is 0 Å². The summed E-state index contributed by atoms with van der Waals surface area (Å²) in [5.74, 6) is 0.178. The minimum absolute atomic E-state index is 0.0399. The van der Waals surface area contributed by atoms with Crippen LogP contribution in [-0.2, 0) is 28.5 Å². The summed E-state index contributed by atoms with van der Waals surface area (Å²) >= 11 is 0. The van der Waals surface area contributed by atoms with Crippen molar-refractivity contribution in [1.29, 1.82) is 0 Å². The van der Waals surface area contributed by atoms with Crippen molar-refractivity contribution >= 4 is 23.4 Å². The predicted octanol–water partition coefficient (Wildman–Crippen LogP) is 4.33. The second-order valence-corrected chi connectivity index (χ2v) is 13.0. The number of phosphoric ester groups is 1. The first kappa shape index (κ1) is 34.6. The zero-order valence-electron chi connectivity index (χ0n) is 24.9. The van der Waals surface area contributed by atoms with E-state index in [4.69, 9.17) is 38.2 Å². The van der Waals surface area contributed by atoms with E-state index in [0.29, 0.717) is 42.1 Å². The van der Waals surface area contributed by atoms with E-state index in [1.165, 1.54) is 34.3 Å². The number of methoxy groups -OCH3 is 3. The van der Waals surface area contributed by atoms with E-state index in [9.17, 15) is 17.8 Å². The molecule has 0 bridgehead atoms. The van der Waals surface area contributed by atoms with Crippen molar-refractivity contribution in [3.63, 3.8) is 0 Å². The van der Waals surface area contributed by atoms with E-state index < -0.39 is 35.3 Å². The van der Waals surface area contributed by atoms with Gasteiger partial charge in [0.25, 0.3) is 0 Å². The molecule has 2 unspecified atom stereocenters. The van der Waals surface area contributed by atoms with Crippen molar-refractivity contribution in [2.45, 2.75) is 56.6 Å². The highest BCUT2D eigenvalue weighted by Crippen LogP contribution is 2.48. The summed E-state index contributed by atoms with van der Waals surface area (Å²) in [5.41, 5.74) is 1.29. The Morgan fingerprint density at radius 1 is 0.884 bits per heavy atom. The van der Waals surface area contributed by atoms with Crippen LogP contribution in [0.2, 0.25) is 0 Å². The molecule has 0 spiro atoms. The fourth-order valence-electron chi connectivity index (χ4n) is 4.65. The highest BCUT2D eigenvalue weighted by Gasteiger charge is 2.33. The summed E-state index contributed by atoms with van der Waals surface area (Å²) in [4.78, 5) is 29.5. The lowest BCUT2D eigenvalue weighted by atomic mass is 10.0. The van der Waals surface area contributed by atoms with Crippen LogP contribution in [0.4, 0.5) is 0 Å². The number of phosphoric acid groups is 1. The number of benzene rings is 2. The number of carbonyl (C=O) groups excluding carboxylic acids is 1. The van der Waals surface area contributed by atoms with Crippen LogP contribution in [0.3, 0.4) is 0 Å². The fraction of sp³-hybridized carbons (Fsp3) is 0.536. The van der Waals surface area contributed by atoms with Gasteiger partial charge in [-0.15, -0.1) is 0 Å². The number of hydrogen-bond acceptors (Lipinski definition) is 11. The van der Waals surface area contributed by atoms with E-state index in [1.54, 1.807) is 18.2 Å². The van der Waals surface area contributed by atoms with E-state index >= 15 is 0 Å². The minimum atomic E-state index is -4.65. The summed E-state index contributed by atoms with van der Waals surface area (Å²) < 4.78 is 76.7. The van der Waals surface area contributed by atoms with Gasteiger partial charge in [0.2, 0.25) is 5.75 Å². The predicted molar refractivity (Wildman–Crippen MR) is 155 cm³/mol. The van der Waals surface area contributed by atoms with Gasteiger partial charge in [-0.05, 0) is 61.6 Å². The molecule has 0 aromatic heterocycles. The van der Waals surface area contributed by atoms with Gasteiger partial charge >= 0.3 is 7.82 Å². The number of Topliss-reactive ketones (excluding diaryl/α,β-unsaturated/α-hetero) is 1. The molecule has 13 nitrogen and oxygen atoms in total. The first-order chi connectivity index (χ1) is 20.3. The first-order valence-corrected chi connectivity index (χ1v) is 16.8. The van der Waals surface area contributed by atoms with Gasteiger partial charge in [0.15, 0.2) is 32.8 Å². The van der Waals surface area contributed by atoms with Crippen molar-refractivity contribution in [3.8, 4) is 28.7 Å². The Bertz CT molecular complexity index is 1390. The highest BCUT2D eigenvalue weighted by molar-refractivity contribution is 7.92. The number of carbonyl (C=O) groups is 1. The third-order valence-corrected chi connectivity index (χ3v) is 8.76. The maximum atomic E-state index is 13.4. The Morgan fingerprint density at radius 2 is 1.47 bits per heavy atom. The summed E-state index contributed by atoms with van der Waals surface area (Å²) in [6.07, 6.45) is 0.908. The number of rotatable bonds is 17. The molecule has 43 heavy (non-hydrogen) atoms. The van der Waals surface area contributed by atoms with E-state index in [0.717, 1.165) is 5.56 Å². The maximum absolute atomic E-state index is 13.4. The molecule has 1 saturated heterocycles. The second kappa shape index (κ2) is 15.2. The molecule has 1 heterocycles. The van der Waals surface area contributed by atoms with Gasteiger partial charge in [0.05, 0.1) is 53.4 Å². The Kier molecular flexibility index (Phi) is 12.3. The van der Waals surface area contributed by atoms with E-state index in [1.807, 2.05) is 6.92 Å². The average Bonchev–Trinajstić information content (AvgIpc) is 3.44. The van der Waals surface area contributed by atoms with Crippen LogP contribution in [0.25, 0.3) is 0 Å². The Balaban J connectivity index is 1.99. The highest BCUT2D eigenvalue weighted by atomic mass is 32.2. The first-order valence-electron chi connectivity index (χ1n) is 13.6. The molecule has 2 aromatic carbocycles. The van der Waals surface area contributed by atoms with Gasteiger partial charge in [-0.3, -0.25) is 9.32 Å². The SMILES string of the molecule is CCCOc1c(OCCCOP(=O)(O)O)cc(C2CCC(c3cc(OC)c(OC)c(OC)c3)O2)cc1S(=O)(=O)CC(C)=O. The lowest BCUT2D eigenvalue weighted by Gasteiger charge is -2.21. The summed E-state index contributed by atoms with van der Waals surface area (Å²) in [6.45, 7) is 2.88. The zero-order valence-corrected chi connectivity index (χ0v) is 26.6. The van der Waals surface area contributed by atoms with Gasteiger partial charge < -0.3 is 38.2 Å². The smallest absolute Gasteiger partial charge is 0.469 e. The molecule has 3 rings (SSSR count). The normalized spacial score (nSPS) is 17.0. The molecule has 0 aliphatic carbocycles. The standard InChI is InChI=1S/C28H39O13PS/c1-6-10-39-28-25(38-11-7-12-40-42(30,31)32)15-20(16-26(28)43(33,34)17-18(2)29)22-9-8-21(41-22)19-13-23(35-3)27(37-5)24(14-19)36-4/h13-16,21-22H,6-12,17H2,1-5H3,(H2,30,31,32). The molecule has 240 valence electrons. The third-order valence-electron chi connectivity index (χ3n) is 6.48. The Morgan fingerprint density at radius 3 is 1.98 bits per heavy atom. The van der Waals surface area contributed by atoms with Crippen LogP contribution in [0.15, 0.2) is 29.2 Å². The van der Waals surface area contributed by atoms with Crippen LogP contribution >= 0.6 is 7.82 Å². The quantitative estimate of drug-likeness (QED) is 0.184. The molecule has 15 heteroatoms. The molecule has 1 fully saturated rings. The topological polar surface area (TPSA) is 173 Å². The van der Waals surface area contributed by atoms with Crippen molar-refractivity contribution in [2.75, 3.05) is 46.9 Å². The average molecular weight is 647 g/mol. The molecule has 2 aromatic rings. The molecule has 2 N–H and O–H groups in total. The van der Waals surface area contributed by atoms with E-state index in [-0.39, 0.29) is 48.7 Å². The molecule has 1 aliphatic heterocycles. The van der Waals surface area contributed by atoms with E-state index in [2.05, 4.69) is 4.52 Å². The molecule has 0 amide bonds. The third kappa shape index (κ3) is 9.31. The molecule has 0 saturated carbocycles. The lowest BCUT2D eigenvalue weighted by molar-refractivity contribution is -0.114. The van der Waals surface area contributed by atoms with Gasteiger partial charge in [0.1, 0.15) is 16.4 Å². The van der Waals surface area contributed by atoms with Gasteiger partial charge in [0, 0.05) is 6.42 Å². The summed E-state index contributed by atoms with van der Waals surface area (Å²) in [5, 5.41) is 0. The van der Waals surface area contributed by atoms with Crippen LogP contribution in [0, 0.1) is 0 Å². The number of hydrogen-bond donors (Lipinski definition) is 2. The largest absolute Gasteiger partial charge is 0.493 e. The van der Waals surface area contributed by atoms with Gasteiger partial charge in [-0.2, -0.15) is 0 Å². The number of ether oxygens (including phenoxy) is 6. The molecule has 1 aliphatic rings. The van der Waals surface area contributed by atoms with Crippen molar-refractivity contribution in [2.24, 2.45) is 0 Å². The molecule has 2 atom stereocenters.